The molecule has 0 amide bonds. The summed E-state index contributed by atoms with van der Waals surface area (Å²) in [5, 5.41) is 0.390. The number of halogens is 2. The minimum Gasteiger partial charge on any atom is -0.381 e. The van der Waals surface area contributed by atoms with Gasteiger partial charge in [-0.05, 0) is 37.0 Å². The Morgan fingerprint density at radius 3 is 2.82 bits per heavy atom. The molecular formula is C13H14ClFO2. The topological polar surface area (TPSA) is 26.3 Å². The van der Waals surface area contributed by atoms with Crippen LogP contribution in [-0.4, -0.2) is 19.0 Å². The van der Waals surface area contributed by atoms with Gasteiger partial charge in [0.1, 0.15) is 5.82 Å². The van der Waals surface area contributed by atoms with Gasteiger partial charge >= 0.3 is 0 Å². The highest BCUT2D eigenvalue weighted by Crippen LogP contribution is 2.23. The van der Waals surface area contributed by atoms with Crippen LogP contribution in [0.1, 0.15) is 29.6 Å². The summed E-state index contributed by atoms with van der Waals surface area (Å²) in [7, 11) is 0. The molecule has 0 saturated carbocycles. The quantitative estimate of drug-likeness (QED) is 0.774. The molecule has 4 heteroatoms. The Labute approximate surface area is 105 Å². The molecule has 2 nitrogen and oxygen atoms in total. The average Bonchev–Trinajstić information content (AvgIpc) is 2.33. The zero-order valence-electron chi connectivity index (χ0n) is 9.42. The van der Waals surface area contributed by atoms with Gasteiger partial charge in [-0.3, -0.25) is 4.79 Å². The minimum atomic E-state index is -0.494. The first-order valence-corrected chi connectivity index (χ1v) is 6.10. The highest BCUT2D eigenvalue weighted by atomic mass is 35.5. The molecule has 1 aliphatic heterocycles. The van der Waals surface area contributed by atoms with Crippen LogP contribution in [0.3, 0.4) is 0 Å². The molecule has 0 aliphatic carbocycles. The Kier molecular flexibility index (Phi) is 4.13. The minimum absolute atomic E-state index is 0.101. The summed E-state index contributed by atoms with van der Waals surface area (Å²) in [5.74, 6) is -0.363. The number of carbonyl (C=O) groups is 1. The highest BCUT2D eigenvalue weighted by molar-refractivity contribution is 6.31. The molecule has 0 radical (unpaired) electrons. The lowest BCUT2D eigenvalue weighted by Gasteiger charge is -2.21. The Bertz CT molecular complexity index is 414. The van der Waals surface area contributed by atoms with Crippen molar-refractivity contribution in [2.75, 3.05) is 13.2 Å². The van der Waals surface area contributed by atoms with E-state index < -0.39 is 5.82 Å². The van der Waals surface area contributed by atoms with Gasteiger partial charge in [0.2, 0.25) is 0 Å². The molecule has 0 atom stereocenters. The van der Waals surface area contributed by atoms with E-state index in [9.17, 15) is 9.18 Å². The summed E-state index contributed by atoms with van der Waals surface area (Å²) in [6.45, 7) is 1.38. The fourth-order valence-electron chi connectivity index (χ4n) is 2.03. The third kappa shape index (κ3) is 3.27. The van der Waals surface area contributed by atoms with Crippen molar-refractivity contribution >= 4 is 17.4 Å². The molecule has 1 saturated heterocycles. The van der Waals surface area contributed by atoms with Crippen molar-refractivity contribution in [2.24, 2.45) is 5.92 Å². The second-order valence-electron chi connectivity index (χ2n) is 4.31. The Hall–Kier alpha value is -0.930. The average molecular weight is 257 g/mol. The van der Waals surface area contributed by atoms with E-state index in [-0.39, 0.29) is 11.3 Å². The number of benzene rings is 1. The van der Waals surface area contributed by atoms with Crippen LogP contribution in [0.5, 0.6) is 0 Å². The molecule has 2 rings (SSSR count). The van der Waals surface area contributed by atoms with Gasteiger partial charge in [0.15, 0.2) is 5.78 Å². The van der Waals surface area contributed by atoms with Crippen molar-refractivity contribution in [3.05, 3.63) is 34.6 Å². The van der Waals surface area contributed by atoms with E-state index in [1.165, 1.54) is 18.2 Å². The molecule has 1 aromatic carbocycles. The fraction of sp³-hybridized carbons (Fsp3) is 0.462. The monoisotopic (exact) mass is 256 g/mol. The van der Waals surface area contributed by atoms with Crippen LogP contribution in [0.2, 0.25) is 5.02 Å². The highest BCUT2D eigenvalue weighted by Gasteiger charge is 2.20. The van der Waals surface area contributed by atoms with E-state index >= 15 is 0 Å². The molecule has 1 heterocycles. The van der Waals surface area contributed by atoms with Crippen LogP contribution >= 0.6 is 11.6 Å². The molecule has 0 unspecified atom stereocenters. The zero-order chi connectivity index (χ0) is 12.3. The maximum atomic E-state index is 13.5. The van der Waals surface area contributed by atoms with Crippen molar-refractivity contribution in [1.82, 2.24) is 0 Å². The molecule has 0 aromatic heterocycles. The standard InChI is InChI=1S/C13H14ClFO2/c14-10-1-2-12(15)11(8-10)13(16)7-9-3-5-17-6-4-9/h1-2,8-9H,3-7H2. The molecule has 1 fully saturated rings. The second-order valence-corrected chi connectivity index (χ2v) is 4.74. The molecule has 1 aliphatic rings. The molecule has 0 spiro atoms. The number of hydrogen-bond donors (Lipinski definition) is 0. The van der Waals surface area contributed by atoms with E-state index in [4.69, 9.17) is 16.3 Å². The first-order valence-electron chi connectivity index (χ1n) is 5.73. The first kappa shape index (κ1) is 12.5. The lowest BCUT2D eigenvalue weighted by Crippen LogP contribution is -2.19. The molecule has 17 heavy (non-hydrogen) atoms. The summed E-state index contributed by atoms with van der Waals surface area (Å²) in [4.78, 5) is 11.9. The van der Waals surface area contributed by atoms with Gasteiger partial charge in [0, 0.05) is 24.7 Å². The van der Waals surface area contributed by atoms with Gasteiger partial charge in [-0.15, -0.1) is 0 Å². The van der Waals surface area contributed by atoms with E-state index in [0.717, 1.165) is 12.8 Å². The van der Waals surface area contributed by atoms with E-state index in [2.05, 4.69) is 0 Å². The van der Waals surface area contributed by atoms with Gasteiger partial charge in [-0.25, -0.2) is 4.39 Å². The summed E-state index contributed by atoms with van der Waals surface area (Å²) in [6.07, 6.45) is 2.11. The smallest absolute Gasteiger partial charge is 0.166 e. The molecular weight excluding hydrogens is 243 g/mol. The maximum absolute atomic E-state index is 13.5. The SMILES string of the molecule is O=C(CC1CCOCC1)c1cc(Cl)ccc1F. The summed E-state index contributed by atoms with van der Waals surface area (Å²) < 4.78 is 18.7. The van der Waals surface area contributed by atoms with Gasteiger partial charge in [-0.1, -0.05) is 11.6 Å². The van der Waals surface area contributed by atoms with Crippen LogP contribution in [0.25, 0.3) is 0 Å². The molecule has 0 N–H and O–H groups in total. The number of ketones is 1. The lowest BCUT2D eigenvalue weighted by atomic mass is 9.92. The molecule has 0 bridgehead atoms. The number of carbonyl (C=O) groups excluding carboxylic acids is 1. The predicted molar refractivity (Wildman–Crippen MR) is 63.9 cm³/mol. The second kappa shape index (κ2) is 5.61. The van der Waals surface area contributed by atoms with Crippen molar-refractivity contribution in [3.63, 3.8) is 0 Å². The van der Waals surface area contributed by atoms with Crippen molar-refractivity contribution < 1.29 is 13.9 Å². The normalized spacial score (nSPS) is 17.1. The number of rotatable bonds is 3. The maximum Gasteiger partial charge on any atom is 0.166 e. The van der Waals surface area contributed by atoms with Gasteiger partial charge < -0.3 is 4.74 Å². The van der Waals surface area contributed by atoms with Gasteiger partial charge in [0.25, 0.3) is 0 Å². The van der Waals surface area contributed by atoms with Crippen LogP contribution in [0.15, 0.2) is 18.2 Å². The molecule has 92 valence electrons. The van der Waals surface area contributed by atoms with Crippen LogP contribution < -0.4 is 0 Å². The van der Waals surface area contributed by atoms with Crippen molar-refractivity contribution in [2.45, 2.75) is 19.3 Å². The third-order valence-corrected chi connectivity index (χ3v) is 3.28. The van der Waals surface area contributed by atoms with E-state index in [1.54, 1.807) is 0 Å². The van der Waals surface area contributed by atoms with Crippen molar-refractivity contribution in [1.29, 1.82) is 0 Å². The summed E-state index contributed by atoms with van der Waals surface area (Å²) in [6, 6.07) is 4.08. The Morgan fingerprint density at radius 1 is 1.41 bits per heavy atom. The molecule has 1 aromatic rings. The van der Waals surface area contributed by atoms with E-state index in [0.29, 0.717) is 30.6 Å². The largest absolute Gasteiger partial charge is 0.381 e. The zero-order valence-corrected chi connectivity index (χ0v) is 10.2. The Balaban J connectivity index is 2.05. The summed E-state index contributed by atoms with van der Waals surface area (Å²) >= 11 is 5.76. The van der Waals surface area contributed by atoms with E-state index in [1.807, 2.05) is 0 Å². The van der Waals surface area contributed by atoms with Gasteiger partial charge in [0.05, 0.1) is 5.56 Å². The summed E-state index contributed by atoms with van der Waals surface area (Å²) in [5.41, 5.74) is 0.101. The Morgan fingerprint density at radius 2 is 2.12 bits per heavy atom. The van der Waals surface area contributed by atoms with Gasteiger partial charge in [-0.2, -0.15) is 0 Å². The van der Waals surface area contributed by atoms with Crippen LogP contribution in [0.4, 0.5) is 4.39 Å². The first-order chi connectivity index (χ1) is 8.16. The number of Topliss-reactive ketones (excluding diaryl/α,β-unsaturated/α-hetero) is 1. The third-order valence-electron chi connectivity index (χ3n) is 3.04. The lowest BCUT2D eigenvalue weighted by molar-refractivity contribution is 0.0600. The van der Waals surface area contributed by atoms with Crippen LogP contribution in [0, 0.1) is 11.7 Å². The number of ether oxygens (including phenoxy) is 1. The fourth-order valence-corrected chi connectivity index (χ4v) is 2.21. The predicted octanol–water partition coefficient (Wildman–Crippen LogP) is 3.48. The number of hydrogen-bond acceptors (Lipinski definition) is 2. The van der Waals surface area contributed by atoms with Crippen molar-refractivity contribution in [3.8, 4) is 0 Å². The van der Waals surface area contributed by atoms with Crippen LogP contribution in [-0.2, 0) is 4.74 Å².